The second-order valence-corrected chi connectivity index (χ2v) is 6.31. The number of hydrogen-bond acceptors (Lipinski definition) is 4. The zero-order chi connectivity index (χ0) is 13.9. The second-order valence-electron chi connectivity index (χ2n) is 4.14. The Bertz CT molecular complexity index is 541. The molecule has 7 heteroatoms. The van der Waals surface area contributed by atoms with Crippen molar-refractivity contribution in [1.82, 2.24) is 4.31 Å². The van der Waals surface area contributed by atoms with E-state index in [2.05, 4.69) is 0 Å². The molecule has 1 aromatic carbocycles. The summed E-state index contributed by atoms with van der Waals surface area (Å²) in [5.41, 5.74) is 0.819. The normalized spacial score (nSPS) is 17.4. The highest BCUT2D eigenvalue weighted by Crippen LogP contribution is 2.28. The lowest BCUT2D eigenvalue weighted by molar-refractivity contribution is 0.0729. The Hall–Kier alpha value is -0.820. The van der Waals surface area contributed by atoms with Gasteiger partial charge in [-0.1, -0.05) is 6.07 Å². The summed E-state index contributed by atoms with van der Waals surface area (Å²) < 4.78 is 36.8. The van der Waals surface area contributed by atoms with Crippen LogP contribution in [0, 0.1) is 0 Å². The van der Waals surface area contributed by atoms with E-state index >= 15 is 0 Å². The van der Waals surface area contributed by atoms with E-state index in [-0.39, 0.29) is 4.90 Å². The number of morpholine rings is 1. The molecule has 0 spiro atoms. The smallest absolute Gasteiger partial charge is 0.246 e. The van der Waals surface area contributed by atoms with Crippen LogP contribution in [0.2, 0.25) is 0 Å². The van der Waals surface area contributed by atoms with Gasteiger partial charge in [0.1, 0.15) is 10.6 Å². The summed E-state index contributed by atoms with van der Waals surface area (Å²) in [7, 11) is -2.09. The molecule has 106 valence electrons. The average molecular weight is 306 g/mol. The molecule has 0 amide bonds. The minimum absolute atomic E-state index is 0.172. The van der Waals surface area contributed by atoms with Gasteiger partial charge in [-0.15, -0.1) is 11.6 Å². The first-order valence-electron chi connectivity index (χ1n) is 5.90. The summed E-state index contributed by atoms with van der Waals surface area (Å²) >= 11 is 5.74. The second kappa shape index (κ2) is 6.09. The van der Waals surface area contributed by atoms with Crippen molar-refractivity contribution in [2.45, 2.75) is 10.8 Å². The molecule has 0 aliphatic carbocycles. The molecular formula is C12H16ClNO4S. The van der Waals surface area contributed by atoms with Gasteiger partial charge in [-0.2, -0.15) is 4.31 Å². The van der Waals surface area contributed by atoms with Crippen molar-refractivity contribution in [3.63, 3.8) is 0 Å². The highest BCUT2D eigenvalue weighted by Gasteiger charge is 2.29. The first kappa shape index (κ1) is 14.6. The molecule has 0 atom stereocenters. The third-order valence-electron chi connectivity index (χ3n) is 2.97. The van der Waals surface area contributed by atoms with Crippen LogP contribution >= 0.6 is 11.6 Å². The quantitative estimate of drug-likeness (QED) is 0.790. The van der Waals surface area contributed by atoms with Crippen LogP contribution in [0.1, 0.15) is 5.56 Å². The largest absolute Gasteiger partial charge is 0.495 e. The predicted molar refractivity (Wildman–Crippen MR) is 72.1 cm³/mol. The zero-order valence-electron chi connectivity index (χ0n) is 10.6. The molecule has 2 rings (SSSR count). The summed E-state index contributed by atoms with van der Waals surface area (Å²) in [5.74, 6) is 0.637. The number of rotatable bonds is 4. The molecule has 0 unspecified atom stereocenters. The number of benzene rings is 1. The van der Waals surface area contributed by atoms with Gasteiger partial charge in [0.2, 0.25) is 10.0 Å². The molecule has 1 fully saturated rings. The molecule has 1 heterocycles. The maximum absolute atomic E-state index is 12.5. The van der Waals surface area contributed by atoms with Crippen LogP contribution in [0.4, 0.5) is 0 Å². The van der Waals surface area contributed by atoms with Crippen LogP contribution in [0.5, 0.6) is 5.75 Å². The Balaban J connectivity index is 2.39. The van der Waals surface area contributed by atoms with E-state index < -0.39 is 10.0 Å². The first-order chi connectivity index (χ1) is 9.09. The lowest BCUT2D eigenvalue weighted by Crippen LogP contribution is -2.40. The minimum atomic E-state index is -3.54. The topological polar surface area (TPSA) is 55.8 Å². The number of ether oxygens (including phenoxy) is 2. The van der Waals surface area contributed by atoms with Gasteiger partial charge in [-0.25, -0.2) is 8.42 Å². The fraction of sp³-hybridized carbons (Fsp3) is 0.500. The molecule has 0 N–H and O–H groups in total. The van der Waals surface area contributed by atoms with Gasteiger partial charge in [0, 0.05) is 19.0 Å². The van der Waals surface area contributed by atoms with Crippen molar-refractivity contribution < 1.29 is 17.9 Å². The molecule has 0 radical (unpaired) electrons. The molecule has 0 saturated carbocycles. The Morgan fingerprint density at radius 1 is 1.37 bits per heavy atom. The molecule has 1 saturated heterocycles. The summed E-state index contributed by atoms with van der Waals surface area (Å²) in [6.45, 7) is 1.56. The first-order valence-corrected chi connectivity index (χ1v) is 7.88. The van der Waals surface area contributed by atoms with Gasteiger partial charge >= 0.3 is 0 Å². The molecule has 1 aliphatic rings. The molecule has 5 nitrogen and oxygen atoms in total. The van der Waals surface area contributed by atoms with E-state index in [4.69, 9.17) is 21.1 Å². The van der Waals surface area contributed by atoms with Crippen LogP contribution in [0.25, 0.3) is 0 Å². The number of halogens is 1. The summed E-state index contributed by atoms with van der Waals surface area (Å²) in [4.78, 5) is 0.172. The van der Waals surface area contributed by atoms with E-state index in [9.17, 15) is 8.42 Å². The Morgan fingerprint density at radius 2 is 2.05 bits per heavy atom. The van der Waals surface area contributed by atoms with Crippen molar-refractivity contribution >= 4 is 21.6 Å². The van der Waals surface area contributed by atoms with Crippen molar-refractivity contribution in [1.29, 1.82) is 0 Å². The molecule has 1 aliphatic heterocycles. The third kappa shape index (κ3) is 3.02. The van der Waals surface area contributed by atoms with Gasteiger partial charge in [-0.05, 0) is 17.7 Å². The van der Waals surface area contributed by atoms with Crippen LogP contribution < -0.4 is 4.74 Å². The van der Waals surface area contributed by atoms with Crippen molar-refractivity contribution in [3.05, 3.63) is 23.8 Å². The van der Waals surface area contributed by atoms with E-state index in [1.807, 2.05) is 0 Å². The maximum Gasteiger partial charge on any atom is 0.246 e. The van der Waals surface area contributed by atoms with Crippen LogP contribution in [0.15, 0.2) is 23.1 Å². The van der Waals surface area contributed by atoms with Crippen LogP contribution in [0.3, 0.4) is 0 Å². The Kier molecular flexibility index (Phi) is 4.67. The lowest BCUT2D eigenvalue weighted by Gasteiger charge is -2.26. The van der Waals surface area contributed by atoms with Gasteiger partial charge < -0.3 is 9.47 Å². The standard InChI is InChI=1S/C12H16ClNO4S/c1-17-11-8-10(9-13)2-3-12(11)19(15,16)14-4-6-18-7-5-14/h2-3,8H,4-7,9H2,1H3. The van der Waals surface area contributed by atoms with Crippen molar-refractivity contribution in [2.24, 2.45) is 0 Å². The highest BCUT2D eigenvalue weighted by atomic mass is 35.5. The number of hydrogen-bond donors (Lipinski definition) is 0. The molecule has 0 bridgehead atoms. The molecule has 19 heavy (non-hydrogen) atoms. The zero-order valence-corrected chi connectivity index (χ0v) is 12.2. The number of methoxy groups -OCH3 is 1. The number of alkyl halides is 1. The summed E-state index contributed by atoms with van der Waals surface area (Å²) in [6, 6.07) is 4.89. The monoisotopic (exact) mass is 305 g/mol. The van der Waals surface area contributed by atoms with E-state index in [0.29, 0.717) is 37.9 Å². The van der Waals surface area contributed by atoms with E-state index in [1.165, 1.54) is 11.4 Å². The molecule has 1 aromatic rings. The Labute approximate surface area is 118 Å². The van der Waals surface area contributed by atoms with E-state index in [1.54, 1.807) is 18.2 Å². The van der Waals surface area contributed by atoms with Crippen LogP contribution in [-0.2, 0) is 20.6 Å². The van der Waals surface area contributed by atoms with Crippen LogP contribution in [-0.4, -0.2) is 46.1 Å². The SMILES string of the molecule is COc1cc(CCl)ccc1S(=O)(=O)N1CCOCC1. The Morgan fingerprint density at radius 3 is 2.63 bits per heavy atom. The summed E-state index contributed by atoms with van der Waals surface area (Å²) in [6.07, 6.45) is 0. The number of sulfonamides is 1. The van der Waals surface area contributed by atoms with Gasteiger partial charge in [-0.3, -0.25) is 0 Å². The highest BCUT2D eigenvalue weighted by molar-refractivity contribution is 7.89. The van der Waals surface area contributed by atoms with Gasteiger partial charge in [0.15, 0.2) is 0 Å². The third-order valence-corrected chi connectivity index (χ3v) is 5.22. The molecular weight excluding hydrogens is 290 g/mol. The minimum Gasteiger partial charge on any atom is -0.495 e. The maximum atomic E-state index is 12.5. The molecule has 0 aromatic heterocycles. The summed E-state index contributed by atoms with van der Waals surface area (Å²) in [5, 5.41) is 0. The van der Waals surface area contributed by atoms with Gasteiger partial charge in [0.25, 0.3) is 0 Å². The average Bonchev–Trinajstić information content (AvgIpc) is 2.47. The van der Waals surface area contributed by atoms with Crippen molar-refractivity contribution in [2.75, 3.05) is 33.4 Å². The van der Waals surface area contributed by atoms with Crippen molar-refractivity contribution in [3.8, 4) is 5.75 Å². The van der Waals surface area contributed by atoms with E-state index in [0.717, 1.165) is 5.56 Å². The van der Waals surface area contributed by atoms with Gasteiger partial charge in [0.05, 0.1) is 20.3 Å². The predicted octanol–water partition coefficient (Wildman–Crippen LogP) is 1.45. The lowest BCUT2D eigenvalue weighted by atomic mass is 10.2. The fourth-order valence-electron chi connectivity index (χ4n) is 1.93. The number of nitrogens with zero attached hydrogens (tertiary/aromatic N) is 1. The fourth-order valence-corrected chi connectivity index (χ4v) is 3.64.